The maximum Gasteiger partial charge on any atom is 0.338 e. The van der Waals surface area contributed by atoms with Crippen LogP contribution in [0.4, 0.5) is 0 Å². The number of carbonyl (C=O) groups excluding carboxylic acids is 2. The molecule has 10 heteroatoms. The number of nitrogens with one attached hydrogen (secondary N) is 2. The standard InChI is InChI=1S/C32H26Cl2N4O4/c33-27-5-1-3-21-9-7-19(15-25(21)27)13-23-17-35-31(37-23)41-29(39)11-12-30(40)42-32-36-18-24(38-32)14-20-8-10-22-4-2-6-28(34)26(22)16-20/h1-12,15-16,23-24H,13-14,17-18H2,(H,35,37)(H,36,38)/b12-11+. The molecule has 0 saturated carbocycles. The lowest BCUT2D eigenvalue weighted by Crippen LogP contribution is -2.26. The number of halogens is 2. The molecule has 0 fully saturated rings. The second-order valence-electron chi connectivity index (χ2n) is 10.1. The molecule has 2 N–H and O–H groups in total. The largest absolute Gasteiger partial charge is 0.389 e. The van der Waals surface area contributed by atoms with Gasteiger partial charge in [0.25, 0.3) is 12.0 Å². The summed E-state index contributed by atoms with van der Waals surface area (Å²) in [5.41, 5.74) is 2.16. The van der Waals surface area contributed by atoms with E-state index in [-0.39, 0.29) is 24.1 Å². The quantitative estimate of drug-likeness (QED) is 0.227. The summed E-state index contributed by atoms with van der Waals surface area (Å²) < 4.78 is 10.5. The summed E-state index contributed by atoms with van der Waals surface area (Å²) in [6, 6.07) is 23.9. The number of carbonyl (C=O) groups is 2. The Kier molecular flexibility index (Phi) is 8.08. The Morgan fingerprint density at radius 3 is 1.62 bits per heavy atom. The first-order valence-corrected chi connectivity index (χ1v) is 14.2. The lowest BCUT2D eigenvalue weighted by molar-refractivity contribution is -0.132. The second-order valence-corrected chi connectivity index (χ2v) is 10.9. The van der Waals surface area contributed by atoms with Crippen molar-refractivity contribution in [3.8, 4) is 0 Å². The Morgan fingerprint density at radius 2 is 1.17 bits per heavy atom. The molecule has 0 spiro atoms. The van der Waals surface area contributed by atoms with E-state index in [4.69, 9.17) is 32.7 Å². The first-order chi connectivity index (χ1) is 20.4. The minimum atomic E-state index is -0.745. The van der Waals surface area contributed by atoms with Crippen LogP contribution in [0.15, 0.2) is 94.9 Å². The summed E-state index contributed by atoms with van der Waals surface area (Å²) in [5, 5.41) is 11.5. The fraction of sp³-hybridized carbons (Fsp3) is 0.188. The zero-order chi connectivity index (χ0) is 29.1. The van der Waals surface area contributed by atoms with Crippen LogP contribution in [0.1, 0.15) is 11.1 Å². The topological polar surface area (TPSA) is 101 Å². The van der Waals surface area contributed by atoms with Crippen LogP contribution in [0.25, 0.3) is 21.5 Å². The highest BCUT2D eigenvalue weighted by molar-refractivity contribution is 6.36. The van der Waals surface area contributed by atoms with Crippen molar-refractivity contribution in [1.82, 2.24) is 10.6 Å². The van der Waals surface area contributed by atoms with Gasteiger partial charge in [0.1, 0.15) is 0 Å². The molecule has 2 unspecified atom stereocenters. The van der Waals surface area contributed by atoms with E-state index < -0.39 is 11.9 Å². The van der Waals surface area contributed by atoms with Crippen LogP contribution < -0.4 is 10.6 Å². The Morgan fingerprint density at radius 1 is 0.714 bits per heavy atom. The van der Waals surface area contributed by atoms with E-state index in [0.717, 1.165) is 44.8 Å². The molecule has 2 aliphatic heterocycles. The summed E-state index contributed by atoms with van der Waals surface area (Å²) in [5.74, 6) is -1.49. The van der Waals surface area contributed by atoms with E-state index in [1.165, 1.54) is 0 Å². The molecule has 0 aromatic heterocycles. The van der Waals surface area contributed by atoms with Crippen LogP contribution in [0.5, 0.6) is 0 Å². The number of rotatable bonds is 6. The number of benzene rings is 4. The first-order valence-electron chi connectivity index (χ1n) is 13.5. The SMILES string of the molecule is O=C(/C=C/C(=O)OC1=NC(Cc2ccc3cccc(Cl)c3c2)CN1)OC1=NC(Cc2ccc3cccc(Cl)c3c2)CN1. The van der Waals surface area contributed by atoms with Crippen molar-refractivity contribution in [2.24, 2.45) is 9.98 Å². The lowest BCUT2D eigenvalue weighted by Gasteiger charge is -2.08. The summed E-state index contributed by atoms with van der Waals surface area (Å²) in [4.78, 5) is 33.4. The Bertz CT molecular complexity index is 1660. The van der Waals surface area contributed by atoms with Crippen molar-refractivity contribution in [3.05, 3.63) is 106 Å². The molecule has 2 heterocycles. The van der Waals surface area contributed by atoms with Gasteiger partial charge in [-0.2, -0.15) is 0 Å². The minimum Gasteiger partial charge on any atom is -0.389 e. The Balaban J connectivity index is 0.982. The third-order valence-corrected chi connectivity index (χ3v) is 7.72. The van der Waals surface area contributed by atoms with Gasteiger partial charge in [-0.25, -0.2) is 19.6 Å². The van der Waals surface area contributed by atoms with Gasteiger partial charge in [0.05, 0.1) is 12.1 Å². The van der Waals surface area contributed by atoms with Gasteiger partial charge in [-0.1, -0.05) is 71.7 Å². The molecule has 8 nitrogen and oxygen atoms in total. The molecule has 212 valence electrons. The monoisotopic (exact) mass is 600 g/mol. The van der Waals surface area contributed by atoms with Crippen LogP contribution in [0, 0.1) is 0 Å². The number of hydrogen-bond donors (Lipinski definition) is 2. The van der Waals surface area contributed by atoms with Crippen LogP contribution in [-0.2, 0) is 31.9 Å². The lowest BCUT2D eigenvalue weighted by atomic mass is 10.0. The minimum absolute atomic E-state index is 0.104. The van der Waals surface area contributed by atoms with Crippen molar-refractivity contribution in [2.75, 3.05) is 13.1 Å². The molecule has 0 radical (unpaired) electrons. The number of aliphatic imine (C=N–C) groups is 2. The molecule has 0 saturated heterocycles. The highest BCUT2D eigenvalue weighted by Gasteiger charge is 2.22. The van der Waals surface area contributed by atoms with E-state index in [1.54, 1.807) is 0 Å². The molecule has 2 aliphatic rings. The van der Waals surface area contributed by atoms with Gasteiger partial charge >= 0.3 is 11.9 Å². The van der Waals surface area contributed by atoms with Gasteiger partial charge in [0.15, 0.2) is 0 Å². The molecule has 2 atom stereocenters. The summed E-state index contributed by atoms with van der Waals surface area (Å²) in [7, 11) is 0. The van der Waals surface area contributed by atoms with E-state index >= 15 is 0 Å². The maximum atomic E-state index is 12.3. The van der Waals surface area contributed by atoms with Crippen molar-refractivity contribution in [1.29, 1.82) is 0 Å². The third kappa shape index (κ3) is 6.56. The maximum absolute atomic E-state index is 12.3. The predicted molar refractivity (Wildman–Crippen MR) is 165 cm³/mol. The zero-order valence-electron chi connectivity index (χ0n) is 22.3. The number of nitrogens with zero attached hydrogens (tertiary/aromatic N) is 2. The van der Waals surface area contributed by atoms with Gasteiger partial charge in [-0.3, -0.25) is 0 Å². The van der Waals surface area contributed by atoms with E-state index in [9.17, 15) is 9.59 Å². The van der Waals surface area contributed by atoms with E-state index in [2.05, 4.69) is 32.8 Å². The molecular formula is C32H26Cl2N4O4. The highest BCUT2D eigenvalue weighted by atomic mass is 35.5. The molecule has 6 rings (SSSR count). The van der Waals surface area contributed by atoms with Crippen molar-refractivity contribution < 1.29 is 19.1 Å². The van der Waals surface area contributed by atoms with Gasteiger partial charge in [-0.05, 0) is 59.0 Å². The van der Waals surface area contributed by atoms with Gasteiger partial charge in [0.2, 0.25) is 0 Å². The zero-order valence-corrected chi connectivity index (χ0v) is 23.9. The fourth-order valence-electron chi connectivity index (χ4n) is 5.04. The molecule has 4 aromatic carbocycles. The molecular weight excluding hydrogens is 575 g/mol. The average Bonchev–Trinajstić information content (AvgIpc) is 3.61. The van der Waals surface area contributed by atoms with Gasteiger partial charge in [-0.15, -0.1) is 0 Å². The van der Waals surface area contributed by atoms with E-state index in [0.29, 0.717) is 36.0 Å². The number of hydrogen-bond acceptors (Lipinski definition) is 8. The summed E-state index contributed by atoms with van der Waals surface area (Å²) in [6.07, 6.45) is 3.30. The normalized spacial score (nSPS) is 18.0. The van der Waals surface area contributed by atoms with Crippen LogP contribution in [0.3, 0.4) is 0 Å². The second kappa shape index (κ2) is 12.2. The molecule has 4 aromatic rings. The summed E-state index contributed by atoms with van der Waals surface area (Å²) in [6.45, 7) is 1.04. The highest BCUT2D eigenvalue weighted by Crippen LogP contribution is 2.26. The van der Waals surface area contributed by atoms with Crippen LogP contribution >= 0.6 is 23.2 Å². The number of fused-ring (bicyclic) bond motifs is 2. The molecule has 0 bridgehead atoms. The van der Waals surface area contributed by atoms with E-state index in [1.807, 2.05) is 60.7 Å². The predicted octanol–water partition coefficient (Wildman–Crippen LogP) is 5.38. The smallest absolute Gasteiger partial charge is 0.338 e. The number of amidine groups is 2. The Hall–Kier alpha value is -4.40. The first kappa shape index (κ1) is 27.8. The Labute approximate surface area is 252 Å². The molecule has 0 aliphatic carbocycles. The van der Waals surface area contributed by atoms with Gasteiger partial charge in [0, 0.05) is 46.1 Å². The number of ether oxygens (including phenoxy) is 2. The van der Waals surface area contributed by atoms with Crippen molar-refractivity contribution >= 4 is 68.7 Å². The van der Waals surface area contributed by atoms with Crippen molar-refractivity contribution in [3.63, 3.8) is 0 Å². The average molecular weight is 601 g/mol. The molecule has 0 amide bonds. The third-order valence-electron chi connectivity index (χ3n) is 7.06. The fourth-order valence-corrected chi connectivity index (χ4v) is 5.51. The summed E-state index contributed by atoms with van der Waals surface area (Å²) >= 11 is 12.7. The van der Waals surface area contributed by atoms with Crippen LogP contribution in [0.2, 0.25) is 10.0 Å². The molecule has 42 heavy (non-hydrogen) atoms. The number of esters is 2. The van der Waals surface area contributed by atoms with Crippen LogP contribution in [-0.4, -0.2) is 49.2 Å². The van der Waals surface area contributed by atoms with Gasteiger partial charge < -0.3 is 20.1 Å². The van der Waals surface area contributed by atoms with Crippen molar-refractivity contribution in [2.45, 2.75) is 24.9 Å².